The lowest BCUT2D eigenvalue weighted by Crippen LogP contribution is -2.02. The molecule has 0 radical (unpaired) electrons. The van der Waals surface area contributed by atoms with Crippen LogP contribution in [0.1, 0.15) is 5.56 Å². The van der Waals surface area contributed by atoms with Crippen LogP contribution in [0.3, 0.4) is 0 Å². The lowest BCUT2D eigenvalue weighted by molar-refractivity contribution is 0.415. The van der Waals surface area contributed by atoms with E-state index in [0.29, 0.717) is 0 Å². The molecule has 2 bridgehead atoms. The molecular formula is C18H15N3O. The first kappa shape index (κ1) is 12.8. The van der Waals surface area contributed by atoms with Crippen molar-refractivity contribution < 1.29 is 4.74 Å². The molecule has 108 valence electrons. The van der Waals surface area contributed by atoms with Gasteiger partial charge in [-0.25, -0.2) is 9.97 Å². The lowest BCUT2D eigenvalue weighted by atomic mass is 10.1. The van der Waals surface area contributed by atoms with Gasteiger partial charge >= 0.3 is 0 Å². The molecule has 0 saturated carbocycles. The second-order valence-corrected chi connectivity index (χ2v) is 5.25. The number of aromatic nitrogens is 3. The Morgan fingerprint density at radius 3 is 2.09 bits per heavy atom. The minimum atomic E-state index is 0.841. The van der Waals surface area contributed by atoms with Crippen molar-refractivity contribution in [1.29, 1.82) is 0 Å². The average Bonchev–Trinajstić information content (AvgIpc) is 3.15. The van der Waals surface area contributed by atoms with Crippen LogP contribution in [-0.2, 0) is 0 Å². The first-order chi connectivity index (χ1) is 10.8. The highest BCUT2D eigenvalue weighted by Crippen LogP contribution is 2.29. The van der Waals surface area contributed by atoms with Crippen molar-refractivity contribution in [3.05, 3.63) is 60.4 Å². The van der Waals surface area contributed by atoms with E-state index >= 15 is 0 Å². The van der Waals surface area contributed by atoms with Gasteiger partial charge in [0.2, 0.25) is 0 Å². The van der Waals surface area contributed by atoms with Crippen LogP contribution in [0.25, 0.3) is 28.1 Å². The summed E-state index contributed by atoms with van der Waals surface area (Å²) in [7, 11) is 1.67. The number of methoxy groups -OCH3 is 1. The van der Waals surface area contributed by atoms with Crippen molar-refractivity contribution in [2.45, 2.75) is 6.92 Å². The summed E-state index contributed by atoms with van der Waals surface area (Å²) in [6.45, 7) is 2.06. The van der Waals surface area contributed by atoms with Crippen molar-refractivity contribution in [1.82, 2.24) is 14.5 Å². The van der Waals surface area contributed by atoms with Crippen LogP contribution in [0.15, 0.2) is 54.9 Å². The van der Waals surface area contributed by atoms with E-state index < -0.39 is 0 Å². The van der Waals surface area contributed by atoms with Gasteiger partial charge in [0, 0.05) is 22.2 Å². The molecule has 0 amide bonds. The Morgan fingerprint density at radius 1 is 0.864 bits per heavy atom. The topological polar surface area (TPSA) is 39.9 Å². The number of fused-ring (bicyclic) bond motifs is 2. The fourth-order valence-electron chi connectivity index (χ4n) is 2.85. The minimum absolute atomic E-state index is 0.841. The molecule has 22 heavy (non-hydrogen) atoms. The molecule has 0 aliphatic heterocycles. The zero-order chi connectivity index (χ0) is 15.1. The van der Waals surface area contributed by atoms with Crippen molar-refractivity contribution in [3.63, 3.8) is 0 Å². The van der Waals surface area contributed by atoms with Gasteiger partial charge in [-0.3, -0.25) is 4.57 Å². The number of hydrogen-bond acceptors (Lipinski definition) is 3. The van der Waals surface area contributed by atoms with Crippen molar-refractivity contribution >= 4 is 11.0 Å². The first-order valence-electron chi connectivity index (χ1n) is 7.14. The maximum Gasteiger partial charge on any atom is 0.144 e. The minimum Gasteiger partial charge on any atom is -0.497 e. The Kier molecular flexibility index (Phi) is 2.82. The van der Waals surface area contributed by atoms with Crippen molar-refractivity contribution in [2.75, 3.05) is 7.11 Å². The smallest absolute Gasteiger partial charge is 0.144 e. The monoisotopic (exact) mass is 289 g/mol. The van der Waals surface area contributed by atoms with Crippen LogP contribution in [0.2, 0.25) is 0 Å². The summed E-state index contributed by atoms with van der Waals surface area (Å²) in [6, 6.07) is 16.3. The van der Waals surface area contributed by atoms with Gasteiger partial charge in [0.1, 0.15) is 17.9 Å². The summed E-state index contributed by atoms with van der Waals surface area (Å²) in [5.41, 5.74) is 5.37. The molecule has 0 spiro atoms. The molecule has 4 nitrogen and oxygen atoms in total. The summed E-state index contributed by atoms with van der Waals surface area (Å²) in [5, 5.41) is 0. The molecule has 3 aromatic heterocycles. The van der Waals surface area contributed by atoms with E-state index in [2.05, 4.69) is 45.7 Å². The third kappa shape index (κ3) is 1.84. The SMILES string of the molecule is COc1ccc(-c2ncnc(-n3c4ccc3cc4)c2C)cc1. The summed E-state index contributed by atoms with van der Waals surface area (Å²) >= 11 is 0. The molecule has 4 aromatic rings. The Balaban J connectivity index is 1.86. The molecule has 0 N–H and O–H groups in total. The third-order valence-corrected chi connectivity index (χ3v) is 4.00. The van der Waals surface area contributed by atoms with Gasteiger partial charge in [0.15, 0.2) is 0 Å². The van der Waals surface area contributed by atoms with E-state index in [9.17, 15) is 0 Å². The summed E-state index contributed by atoms with van der Waals surface area (Å²) < 4.78 is 7.37. The van der Waals surface area contributed by atoms with Crippen molar-refractivity contribution in [2.24, 2.45) is 0 Å². The van der Waals surface area contributed by atoms with E-state index in [0.717, 1.165) is 39.4 Å². The molecule has 0 atom stereocenters. The molecule has 0 fully saturated rings. The maximum atomic E-state index is 5.21. The molecule has 4 rings (SSSR count). The molecule has 0 unspecified atom stereocenters. The Labute approximate surface area is 128 Å². The van der Waals surface area contributed by atoms with Gasteiger partial charge in [0.25, 0.3) is 0 Å². The molecular weight excluding hydrogens is 274 g/mol. The molecule has 1 aromatic carbocycles. The van der Waals surface area contributed by atoms with Crippen molar-refractivity contribution in [3.8, 4) is 22.8 Å². The molecule has 0 aliphatic rings. The second-order valence-electron chi connectivity index (χ2n) is 5.25. The highest BCUT2D eigenvalue weighted by molar-refractivity contribution is 5.75. The number of rotatable bonds is 3. The van der Waals surface area contributed by atoms with E-state index in [1.165, 1.54) is 0 Å². The van der Waals surface area contributed by atoms with Gasteiger partial charge in [-0.15, -0.1) is 0 Å². The van der Waals surface area contributed by atoms with E-state index in [-0.39, 0.29) is 0 Å². The van der Waals surface area contributed by atoms with Gasteiger partial charge in [-0.1, -0.05) is 0 Å². The molecule has 0 saturated heterocycles. The normalized spacial score (nSPS) is 11.2. The highest BCUT2D eigenvalue weighted by atomic mass is 16.5. The van der Waals surface area contributed by atoms with E-state index in [1.807, 2.05) is 24.3 Å². The summed E-state index contributed by atoms with van der Waals surface area (Å²) in [6.07, 6.45) is 1.63. The fourth-order valence-corrected chi connectivity index (χ4v) is 2.85. The Hall–Kier alpha value is -2.88. The van der Waals surface area contributed by atoms with Crippen LogP contribution < -0.4 is 4.74 Å². The van der Waals surface area contributed by atoms with Gasteiger partial charge in [0.05, 0.1) is 12.8 Å². The quantitative estimate of drug-likeness (QED) is 0.575. The van der Waals surface area contributed by atoms with Gasteiger partial charge in [-0.05, 0) is 55.5 Å². The number of ether oxygens (including phenoxy) is 1. The number of hydrogen-bond donors (Lipinski definition) is 0. The zero-order valence-electron chi connectivity index (χ0n) is 12.4. The predicted molar refractivity (Wildman–Crippen MR) is 86.8 cm³/mol. The zero-order valence-corrected chi connectivity index (χ0v) is 12.4. The maximum absolute atomic E-state index is 5.21. The van der Waals surface area contributed by atoms with Crippen LogP contribution in [-0.4, -0.2) is 21.6 Å². The third-order valence-electron chi connectivity index (χ3n) is 4.00. The highest BCUT2D eigenvalue weighted by Gasteiger charge is 2.14. The van der Waals surface area contributed by atoms with E-state index in [4.69, 9.17) is 4.74 Å². The predicted octanol–water partition coefficient (Wildman–Crippen LogP) is 3.84. The summed E-state index contributed by atoms with van der Waals surface area (Å²) in [5.74, 6) is 1.77. The van der Waals surface area contributed by atoms with E-state index in [1.54, 1.807) is 13.4 Å². The Morgan fingerprint density at radius 2 is 1.50 bits per heavy atom. The number of nitrogens with zero attached hydrogens (tertiary/aromatic N) is 3. The van der Waals surface area contributed by atoms with Crippen LogP contribution in [0, 0.1) is 6.92 Å². The lowest BCUT2D eigenvalue weighted by Gasteiger charge is -2.11. The van der Waals surface area contributed by atoms with Crippen LogP contribution in [0.5, 0.6) is 5.75 Å². The molecule has 4 heteroatoms. The number of benzene rings is 2. The average molecular weight is 289 g/mol. The van der Waals surface area contributed by atoms with Gasteiger partial charge < -0.3 is 4.74 Å². The second kappa shape index (κ2) is 4.84. The summed E-state index contributed by atoms with van der Waals surface area (Å²) in [4.78, 5) is 8.96. The standard InChI is InChI=1S/C18H15N3O/c1-12-17(13-3-9-16(22-2)10-4-13)19-11-20-18(12)21-14-5-6-15(21)8-7-14/h3-11H,1-2H3. The Bertz CT molecular complexity index is 877. The molecule has 0 aliphatic carbocycles. The fraction of sp³-hybridized carbons (Fsp3) is 0.111. The molecule has 3 heterocycles. The van der Waals surface area contributed by atoms with Crippen LogP contribution in [0.4, 0.5) is 0 Å². The van der Waals surface area contributed by atoms with Crippen LogP contribution >= 0.6 is 0 Å². The first-order valence-corrected chi connectivity index (χ1v) is 7.14. The van der Waals surface area contributed by atoms with Gasteiger partial charge in [-0.2, -0.15) is 0 Å². The largest absolute Gasteiger partial charge is 0.497 e.